The molecule has 0 fully saturated rings. The van der Waals surface area contributed by atoms with E-state index >= 15 is 0 Å². The van der Waals surface area contributed by atoms with Crippen LogP contribution in [0.15, 0.2) is 24.3 Å². The number of primary amides is 1. The molecule has 0 saturated carbocycles. The van der Waals surface area contributed by atoms with Gasteiger partial charge in [-0.25, -0.2) is 4.79 Å². The number of carbonyl (C=O) groups is 2. The van der Waals surface area contributed by atoms with Crippen molar-refractivity contribution in [1.82, 2.24) is 0 Å². The summed E-state index contributed by atoms with van der Waals surface area (Å²) >= 11 is 1.89. The first-order valence-electron chi connectivity index (χ1n) is 5.51. The molecule has 0 bridgehead atoms. The topological polar surface area (TPSA) is 69.4 Å². The molecule has 0 aromatic rings. The molecule has 0 spiro atoms. The number of rotatable bonds is 5. The average Bonchev–Trinajstić information content (AvgIpc) is 2.34. The maximum Gasteiger partial charge on any atom is 0.405 e. The minimum atomic E-state index is -0.825. The number of nitrogens with two attached hydrogens (primary N) is 1. The van der Waals surface area contributed by atoms with Crippen molar-refractivity contribution < 1.29 is 14.3 Å². The van der Waals surface area contributed by atoms with Crippen LogP contribution in [0.5, 0.6) is 0 Å². The number of Topliss-reactive ketones (excluding diaryl/α,β-unsaturated/α-hetero) is 1. The van der Waals surface area contributed by atoms with Crippen molar-refractivity contribution >= 4 is 34.5 Å². The molecule has 2 N–H and O–H groups in total. The van der Waals surface area contributed by atoms with Crippen LogP contribution in [0.25, 0.3) is 0 Å². The molecule has 0 aromatic carbocycles. The molecule has 0 heterocycles. The van der Waals surface area contributed by atoms with Crippen LogP contribution in [0.4, 0.5) is 4.79 Å². The van der Waals surface area contributed by atoms with Gasteiger partial charge in [-0.1, -0.05) is 24.1 Å². The molecule has 0 radical (unpaired) electrons. The number of halogens is 1. The molecule has 1 aliphatic carbocycles. The number of ether oxygens (including phenoxy) is 1. The Balaban J connectivity index is 2.59. The first-order chi connectivity index (χ1) is 8.58. The standard InChI is InChI=1S/C13H14INO3/c14-10-4-5-11(16)6-9-13(18-12(15)17)7-2-1-3-8-13/h1-3,7H,5-6,8-9H2,(H2,15,17). The zero-order valence-electron chi connectivity index (χ0n) is 9.82. The number of carbonyl (C=O) groups excluding carboxylic acids is 2. The van der Waals surface area contributed by atoms with Gasteiger partial charge in [0.15, 0.2) is 0 Å². The highest BCUT2D eigenvalue weighted by Gasteiger charge is 2.31. The van der Waals surface area contributed by atoms with Crippen molar-refractivity contribution in [2.45, 2.75) is 31.3 Å². The zero-order chi connectivity index (χ0) is 13.4. The molecule has 0 saturated heterocycles. The van der Waals surface area contributed by atoms with Gasteiger partial charge in [-0.2, -0.15) is 0 Å². The molecule has 1 unspecified atom stereocenters. The van der Waals surface area contributed by atoms with Gasteiger partial charge in [0, 0.05) is 35.4 Å². The number of hydrogen-bond acceptors (Lipinski definition) is 3. The van der Waals surface area contributed by atoms with Crippen LogP contribution in [0.2, 0.25) is 0 Å². The molecule has 96 valence electrons. The lowest BCUT2D eigenvalue weighted by Crippen LogP contribution is -2.36. The third-order valence-electron chi connectivity index (χ3n) is 2.59. The van der Waals surface area contributed by atoms with Crippen molar-refractivity contribution in [2.75, 3.05) is 0 Å². The number of allylic oxidation sites excluding steroid dienone is 2. The molecule has 0 aromatic heterocycles. The van der Waals surface area contributed by atoms with Crippen LogP contribution in [0, 0.1) is 9.85 Å². The Morgan fingerprint density at radius 2 is 2.22 bits per heavy atom. The maximum atomic E-state index is 11.6. The van der Waals surface area contributed by atoms with Gasteiger partial charge in [-0.15, -0.1) is 0 Å². The number of amides is 1. The fourth-order valence-electron chi connectivity index (χ4n) is 1.73. The molecular weight excluding hydrogens is 345 g/mol. The number of ketones is 1. The summed E-state index contributed by atoms with van der Waals surface area (Å²) in [6.45, 7) is 0. The summed E-state index contributed by atoms with van der Waals surface area (Å²) in [5.41, 5.74) is 4.28. The van der Waals surface area contributed by atoms with Crippen molar-refractivity contribution in [2.24, 2.45) is 5.73 Å². The normalized spacial score (nSPS) is 20.9. The van der Waals surface area contributed by atoms with Gasteiger partial charge in [-0.05, 0) is 16.4 Å². The van der Waals surface area contributed by atoms with E-state index in [0.29, 0.717) is 19.3 Å². The van der Waals surface area contributed by atoms with Gasteiger partial charge in [0.1, 0.15) is 11.4 Å². The molecule has 1 rings (SSSR count). The SMILES string of the molecule is NC(=O)OC1(CCC(=O)CC#CI)C=CC=CC1. The van der Waals surface area contributed by atoms with E-state index in [1.165, 1.54) is 0 Å². The molecule has 1 atom stereocenters. The second-order valence-electron chi connectivity index (χ2n) is 3.96. The Morgan fingerprint density at radius 3 is 2.78 bits per heavy atom. The molecule has 1 amide bonds. The molecule has 0 aliphatic heterocycles. The molecule has 18 heavy (non-hydrogen) atoms. The minimum Gasteiger partial charge on any atom is -0.438 e. The van der Waals surface area contributed by atoms with Crippen LogP contribution < -0.4 is 5.73 Å². The van der Waals surface area contributed by atoms with Gasteiger partial charge >= 0.3 is 6.09 Å². The first kappa shape index (κ1) is 14.8. The third kappa shape index (κ3) is 4.92. The summed E-state index contributed by atoms with van der Waals surface area (Å²) in [6.07, 6.45) is 8.01. The van der Waals surface area contributed by atoms with E-state index in [1.54, 1.807) is 12.2 Å². The zero-order valence-corrected chi connectivity index (χ0v) is 12.0. The minimum absolute atomic E-state index is 0.0366. The lowest BCUT2D eigenvalue weighted by molar-refractivity contribution is -0.119. The first-order valence-corrected chi connectivity index (χ1v) is 6.59. The van der Waals surface area contributed by atoms with E-state index < -0.39 is 11.7 Å². The van der Waals surface area contributed by atoms with E-state index in [2.05, 4.69) is 9.85 Å². The van der Waals surface area contributed by atoms with Crippen molar-refractivity contribution in [3.63, 3.8) is 0 Å². The van der Waals surface area contributed by atoms with E-state index in [4.69, 9.17) is 10.5 Å². The maximum absolute atomic E-state index is 11.6. The Bertz CT molecular complexity index is 445. The van der Waals surface area contributed by atoms with Crippen LogP contribution in [0.1, 0.15) is 25.7 Å². The lowest BCUT2D eigenvalue weighted by atomic mass is 9.89. The molecule has 4 nitrogen and oxygen atoms in total. The summed E-state index contributed by atoms with van der Waals surface area (Å²) < 4.78 is 7.79. The Hall–Kier alpha value is -1.29. The largest absolute Gasteiger partial charge is 0.438 e. The molecule has 1 aliphatic rings. The van der Waals surface area contributed by atoms with Crippen LogP contribution in [-0.2, 0) is 9.53 Å². The van der Waals surface area contributed by atoms with Crippen LogP contribution in [-0.4, -0.2) is 17.5 Å². The van der Waals surface area contributed by atoms with Crippen LogP contribution in [0.3, 0.4) is 0 Å². The summed E-state index contributed by atoms with van der Waals surface area (Å²) in [5, 5.41) is 0. The highest BCUT2D eigenvalue weighted by Crippen LogP contribution is 2.28. The van der Waals surface area contributed by atoms with Gasteiger partial charge in [0.25, 0.3) is 0 Å². The van der Waals surface area contributed by atoms with E-state index in [-0.39, 0.29) is 12.2 Å². The average molecular weight is 359 g/mol. The van der Waals surface area contributed by atoms with Crippen molar-refractivity contribution in [1.29, 1.82) is 0 Å². The van der Waals surface area contributed by atoms with Gasteiger partial charge in [-0.3, -0.25) is 4.79 Å². The number of hydrogen-bond donors (Lipinski definition) is 1. The Kier molecular flexibility index (Phi) is 5.92. The summed E-state index contributed by atoms with van der Waals surface area (Å²) in [5.74, 6) is 2.75. The second-order valence-corrected chi connectivity index (χ2v) is 4.50. The van der Waals surface area contributed by atoms with Gasteiger partial charge < -0.3 is 10.5 Å². The molecule has 5 heteroatoms. The van der Waals surface area contributed by atoms with E-state index in [9.17, 15) is 9.59 Å². The predicted octanol–water partition coefficient (Wildman–Crippen LogP) is 2.47. The predicted molar refractivity (Wildman–Crippen MR) is 77.0 cm³/mol. The van der Waals surface area contributed by atoms with Crippen molar-refractivity contribution in [3.05, 3.63) is 24.3 Å². The van der Waals surface area contributed by atoms with Gasteiger partial charge in [0.05, 0.1) is 6.42 Å². The van der Waals surface area contributed by atoms with E-state index in [0.717, 1.165) is 0 Å². The van der Waals surface area contributed by atoms with Gasteiger partial charge in [0.2, 0.25) is 0 Å². The second kappa shape index (κ2) is 7.21. The quantitative estimate of drug-likeness (QED) is 0.606. The smallest absolute Gasteiger partial charge is 0.405 e. The van der Waals surface area contributed by atoms with E-state index in [1.807, 2.05) is 34.7 Å². The molecular formula is C13H14INO3. The summed E-state index contributed by atoms with van der Waals surface area (Å²) in [7, 11) is 0. The third-order valence-corrected chi connectivity index (χ3v) is 2.98. The van der Waals surface area contributed by atoms with Crippen molar-refractivity contribution in [3.8, 4) is 9.85 Å². The van der Waals surface area contributed by atoms with Crippen LogP contribution >= 0.6 is 22.6 Å². The Labute approximate surface area is 120 Å². The fraction of sp³-hybridized carbons (Fsp3) is 0.385. The fourth-order valence-corrected chi connectivity index (χ4v) is 1.92. The highest BCUT2D eigenvalue weighted by molar-refractivity contribution is 14.1. The lowest BCUT2D eigenvalue weighted by Gasteiger charge is -2.30. The highest BCUT2D eigenvalue weighted by atomic mass is 127. The monoisotopic (exact) mass is 359 g/mol. The Morgan fingerprint density at radius 1 is 1.44 bits per heavy atom. The summed E-state index contributed by atoms with van der Waals surface area (Å²) in [4.78, 5) is 22.5. The summed E-state index contributed by atoms with van der Waals surface area (Å²) in [6, 6.07) is 0.